The van der Waals surface area contributed by atoms with Gasteiger partial charge >= 0.3 is 0 Å². The van der Waals surface area contributed by atoms with E-state index in [9.17, 15) is 4.79 Å². The first-order chi connectivity index (χ1) is 11.7. The Balaban J connectivity index is 2.07. The number of carbonyl (C=O) groups excluding carboxylic acids is 1. The van der Waals surface area contributed by atoms with Gasteiger partial charge in [0.05, 0.1) is 13.7 Å². The molecule has 0 aliphatic rings. The number of methoxy groups -OCH3 is 2. The van der Waals surface area contributed by atoms with Crippen molar-refractivity contribution in [2.75, 3.05) is 27.4 Å². The summed E-state index contributed by atoms with van der Waals surface area (Å²) in [5, 5.41) is 0. The quantitative estimate of drug-likeness (QED) is 0.698. The van der Waals surface area contributed by atoms with E-state index in [0.29, 0.717) is 19.7 Å². The number of amides is 1. The van der Waals surface area contributed by atoms with Crippen molar-refractivity contribution in [3.63, 3.8) is 0 Å². The first-order valence-electron chi connectivity index (χ1n) is 7.87. The SMILES string of the molecule is COCCN(Cc1ccccc1)C(=O)/C=C/c1cccc(OC)c1. The van der Waals surface area contributed by atoms with Crippen LogP contribution in [-0.2, 0) is 16.1 Å². The van der Waals surface area contributed by atoms with Crippen molar-refractivity contribution in [3.8, 4) is 5.75 Å². The van der Waals surface area contributed by atoms with Gasteiger partial charge in [-0.05, 0) is 29.3 Å². The van der Waals surface area contributed by atoms with Gasteiger partial charge in [0.2, 0.25) is 5.91 Å². The van der Waals surface area contributed by atoms with Crippen LogP contribution in [0.5, 0.6) is 5.75 Å². The van der Waals surface area contributed by atoms with Crippen LogP contribution in [0.4, 0.5) is 0 Å². The monoisotopic (exact) mass is 325 g/mol. The number of hydrogen-bond acceptors (Lipinski definition) is 3. The third-order valence-corrected chi connectivity index (χ3v) is 3.61. The average Bonchev–Trinajstić information content (AvgIpc) is 2.64. The van der Waals surface area contributed by atoms with Gasteiger partial charge in [0.15, 0.2) is 0 Å². The van der Waals surface area contributed by atoms with Gasteiger partial charge in [0.25, 0.3) is 0 Å². The van der Waals surface area contributed by atoms with Crippen LogP contribution in [0.2, 0.25) is 0 Å². The van der Waals surface area contributed by atoms with E-state index in [1.807, 2.05) is 54.6 Å². The van der Waals surface area contributed by atoms with Gasteiger partial charge in [0, 0.05) is 26.3 Å². The van der Waals surface area contributed by atoms with Crippen LogP contribution in [0, 0.1) is 0 Å². The van der Waals surface area contributed by atoms with Crippen molar-refractivity contribution in [2.45, 2.75) is 6.54 Å². The lowest BCUT2D eigenvalue weighted by Crippen LogP contribution is -2.32. The predicted octanol–water partition coefficient (Wildman–Crippen LogP) is 3.38. The summed E-state index contributed by atoms with van der Waals surface area (Å²) in [6, 6.07) is 17.5. The van der Waals surface area contributed by atoms with E-state index in [-0.39, 0.29) is 5.91 Å². The second-order valence-electron chi connectivity index (χ2n) is 5.35. The van der Waals surface area contributed by atoms with Crippen LogP contribution >= 0.6 is 0 Å². The van der Waals surface area contributed by atoms with E-state index < -0.39 is 0 Å². The first kappa shape index (κ1) is 17.8. The van der Waals surface area contributed by atoms with Gasteiger partial charge in [0.1, 0.15) is 5.75 Å². The fourth-order valence-corrected chi connectivity index (χ4v) is 2.29. The molecule has 2 aromatic rings. The number of carbonyl (C=O) groups is 1. The minimum atomic E-state index is -0.0428. The Morgan fingerprint density at radius 2 is 1.88 bits per heavy atom. The molecule has 1 amide bonds. The molecule has 0 saturated carbocycles. The van der Waals surface area contributed by atoms with Crippen LogP contribution in [0.15, 0.2) is 60.7 Å². The standard InChI is InChI=1S/C20H23NO3/c1-23-14-13-21(16-18-7-4-3-5-8-18)20(22)12-11-17-9-6-10-19(15-17)24-2/h3-12,15H,13-14,16H2,1-2H3/b12-11+. The van der Waals surface area contributed by atoms with Crippen molar-refractivity contribution in [1.82, 2.24) is 4.90 Å². The van der Waals surface area contributed by atoms with Crippen LogP contribution < -0.4 is 4.74 Å². The molecule has 0 bridgehead atoms. The molecule has 0 unspecified atom stereocenters. The van der Waals surface area contributed by atoms with E-state index in [2.05, 4.69) is 0 Å². The average molecular weight is 325 g/mol. The molecule has 0 fully saturated rings. The number of benzene rings is 2. The second-order valence-corrected chi connectivity index (χ2v) is 5.35. The highest BCUT2D eigenvalue weighted by atomic mass is 16.5. The summed E-state index contributed by atoms with van der Waals surface area (Å²) in [6.07, 6.45) is 3.39. The summed E-state index contributed by atoms with van der Waals surface area (Å²) in [7, 11) is 3.26. The molecule has 0 heterocycles. The van der Waals surface area contributed by atoms with Crippen LogP contribution in [-0.4, -0.2) is 38.2 Å². The molecule has 0 spiro atoms. The smallest absolute Gasteiger partial charge is 0.246 e. The van der Waals surface area contributed by atoms with E-state index in [4.69, 9.17) is 9.47 Å². The topological polar surface area (TPSA) is 38.8 Å². The number of nitrogens with zero attached hydrogens (tertiary/aromatic N) is 1. The van der Waals surface area contributed by atoms with Gasteiger partial charge in [-0.25, -0.2) is 0 Å². The summed E-state index contributed by atoms with van der Waals surface area (Å²) in [4.78, 5) is 14.3. The number of rotatable bonds is 8. The van der Waals surface area contributed by atoms with E-state index in [0.717, 1.165) is 16.9 Å². The molecule has 0 radical (unpaired) electrons. The molecular weight excluding hydrogens is 302 g/mol. The van der Waals surface area contributed by atoms with Crippen LogP contribution in [0.25, 0.3) is 6.08 Å². The summed E-state index contributed by atoms with van der Waals surface area (Å²) in [5.74, 6) is 0.726. The molecular formula is C20H23NO3. The maximum absolute atomic E-state index is 12.5. The maximum Gasteiger partial charge on any atom is 0.246 e. The Morgan fingerprint density at radius 3 is 2.58 bits per heavy atom. The first-order valence-corrected chi connectivity index (χ1v) is 7.87. The van der Waals surface area contributed by atoms with E-state index in [1.165, 1.54) is 0 Å². The van der Waals surface area contributed by atoms with Crippen molar-refractivity contribution in [1.29, 1.82) is 0 Å². The Labute approximate surface area is 143 Å². The molecule has 0 atom stereocenters. The highest BCUT2D eigenvalue weighted by molar-refractivity contribution is 5.91. The highest BCUT2D eigenvalue weighted by Crippen LogP contribution is 2.14. The molecule has 2 aromatic carbocycles. The van der Waals surface area contributed by atoms with Crippen molar-refractivity contribution in [2.24, 2.45) is 0 Å². The fraction of sp³-hybridized carbons (Fsp3) is 0.250. The Hall–Kier alpha value is -2.59. The summed E-state index contributed by atoms with van der Waals surface area (Å²) in [5.41, 5.74) is 2.02. The van der Waals surface area contributed by atoms with Crippen LogP contribution in [0.3, 0.4) is 0 Å². The second kappa shape index (κ2) is 9.53. The molecule has 4 heteroatoms. The lowest BCUT2D eigenvalue weighted by Gasteiger charge is -2.21. The third-order valence-electron chi connectivity index (χ3n) is 3.61. The lowest BCUT2D eigenvalue weighted by atomic mass is 10.2. The molecule has 4 nitrogen and oxygen atoms in total. The fourth-order valence-electron chi connectivity index (χ4n) is 2.29. The van der Waals surface area contributed by atoms with Gasteiger partial charge in [-0.2, -0.15) is 0 Å². The summed E-state index contributed by atoms with van der Waals surface area (Å²) < 4.78 is 10.3. The lowest BCUT2D eigenvalue weighted by molar-refractivity contribution is -0.127. The van der Waals surface area contributed by atoms with Gasteiger partial charge in [-0.3, -0.25) is 4.79 Å². The van der Waals surface area contributed by atoms with Crippen molar-refractivity contribution < 1.29 is 14.3 Å². The van der Waals surface area contributed by atoms with Gasteiger partial charge in [-0.15, -0.1) is 0 Å². The minimum Gasteiger partial charge on any atom is -0.497 e. The van der Waals surface area contributed by atoms with Gasteiger partial charge in [-0.1, -0.05) is 42.5 Å². The third kappa shape index (κ3) is 5.56. The predicted molar refractivity (Wildman–Crippen MR) is 95.8 cm³/mol. The van der Waals surface area contributed by atoms with E-state index >= 15 is 0 Å². The largest absolute Gasteiger partial charge is 0.497 e. The molecule has 0 aromatic heterocycles. The zero-order valence-corrected chi connectivity index (χ0v) is 14.1. The van der Waals surface area contributed by atoms with Crippen molar-refractivity contribution >= 4 is 12.0 Å². The zero-order valence-electron chi connectivity index (χ0n) is 14.1. The van der Waals surface area contributed by atoms with E-state index in [1.54, 1.807) is 31.3 Å². The highest BCUT2D eigenvalue weighted by Gasteiger charge is 2.11. The van der Waals surface area contributed by atoms with Crippen molar-refractivity contribution in [3.05, 3.63) is 71.8 Å². The minimum absolute atomic E-state index is 0.0428. The molecule has 24 heavy (non-hydrogen) atoms. The number of ether oxygens (including phenoxy) is 2. The molecule has 0 aliphatic carbocycles. The Morgan fingerprint density at radius 1 is 1.08 bits per heavy atom. The zero-order chi connectivity index (χ0) is 17.2. The normalized spacial score (nSPS) is 10.8. The summed E-state index contributed by atoms with van der Waals surface area (Å²) in [6.45, 7) is 1.61. The number of hydrogen-bond donors (Lipinski definition) is 0. The molecule has 0 N–H and O–H groups in total. The van der Waals surface area contributed by atoms with Crippen LogP contribution in [0.1, 0.15) is 11.1 Å². The molecule has 0 saturated heterocycles. The summed E-state index contributed by atoms with van der Waals surface area (Å²) >= 11 is 0. The van der Waals surface area contributed by atoms with Gasteiger partial charge < -0.3 is 14.4 Å². The Kier molecular flexibility index (Phi) is 7.05. The molecule has 0 aliphatic heterocycles. The maximum atomic E-state index is 12.5. The Bertz CT molecular complexity index is 668. The molecule has 2 rings (SSSR count). The molecule has 126 valence electrons.